The van der Waals surface area contributed by atoms with Crippen LogP contribution in [0, 0.1) is 0 Å². The van der Waals surface area contributed by atoms with E-state index < -0.39 is 81.7 Å². The number of β-lactam (4-membered cyclic amide) rings is 1. The number of carbonyl (C=O) groups excluding carboxylic acids is 5. The molecule has 3 atom stereocenters. The molecule has 38 heavy (non-hydrogen) atoms. The number of nitrogens with zero attached hydrogens (tertiary/aromatic N) is 1. The first kappa shape index (κ1) is 37.6. The van der Waals surface area contributed by atoms with E-state index >= 15 is 0 Å². The van der Waals surface area contributed by atoms with Gasteiger partial charge in [-0.3, -0.25) is 19.3 Å². The largest absolute Gasteiger partial charge is 1.00 e. The summed E-state index contributed by atoms with van der Waals surface area (Å²) in [5.41, 5.74) is -0.665. The summed E-state index contributed by atoms with van der Waals surface area (Å²) >= 11 is 0.999. The van der Waals surface area contributed by atoms with Crippen LogP contribution >= 0.6 is 11.8 Å². The first-order valence-electron chi connectivity index (χ1n) is 9.95. The van der Waals surface area contributed by atoms with Crippen molar-refractivity contribution in [3.63, 3.8) is 0 Å². The van der Waals surface area contributed by atoms with E-state index in [1.165, 1.54) is 24.3 Å². The Morgan fingerprint density at radius 3 is 2.21 bits per heavy atom. The summed E-state index contributed by atoms with van der Waals surface area (Å²) in [6.45, 7) is -0.541. The van der Waals surface area contributed by atoms with Crippen molar-refractivity contribution in [3.05, 3.63) is 47.2 Å². The van der Waals surface area contributed by atoms with Crippen molar-refractivity contribution in [1.82, 2.24) is 10.2 Å². The van der Waals surface area contributed by atoms with Crippen LogP contribution in [0.5, 0.6) is 0 Å². The molecular weight excluding hydrogens is 577 g/mol. The van der Waals surface area contributed by atoms with Crippen molar-refractivity contribution in [2.45, 2.75) is 29.5 Å². The maximum Gasteiger partial charge on any atom is 1.00 e. The quantitative estimate of drug-likeness (QED) is 0.116. The van der Waals surface area contributed by atoms with Crippen LogP contribution in [0.3, 0.4) is 0 Å². The van der Waals surface area contributed by atoms with E-state index in [0.29, 0.717) is 0 Å². The fourth-order valence-electron chi connectivity index (χ4n) is 3.53. The third-order valence-electron chi connectivity index (χ3n) is 5.11. The molecule has 2 aliphatic heterocycles. The summed E-state index contributed by atoms with van der Waals surface area (Å²) in [6, 6.07) is 5.62. The summed E-state index contributed by atoms with van der Waals surface area (Å²) in [5, 5.41) is 21.3. The number of aliphatic carboxylic acids is 2. The van der Waals surface area contributed by atoms with Crippen molar-refractivity contribution in [2.75, 3.05) is 12.4 Å². The van der Waals surface area contributed by atoms with Crippen molar-refractivity contribution < 1.29 is 141 Å². The van der Waals surface area contributed by atoms with Gasteiger partial charge in [0.15, 0.2) is 5.25 Å². The Balaban J connectivity index is 0.00000456. The van der Waals surface area contributed by atoms with Crippen LogP contribution < -0.4 is 104 Å². The van der Waals surface area contributed by atoms with Gasteiger partial charge in [-0.2, -0.15) is 0 Å². The van der Waals surface area contributed by atoms with Gasteiger partial charge in [0.1, 0.15) is 28.1 Å². The molecule has 1 unspecified atom stereocenters. The normalized spacial score (nSPS) is 18.8. The Hall–Kier alpha value is -0.430. The second kappa shape index (κ2) is 16.1. The number of rotatable bonds is 10. The van der Waals surface area contributed by atoms with Gasteiger partial charge in [0, 0.05) is 17.3 Å². The topological polar surface area (TPSA) is 213 Å². The summed E-state index contributed by atoms with van der Waals surface area (Å²) in [7, 11) is -5.15. The minimum atomic E-state index is -5.15. The van der Waals surface area contributed by atoms with Gasteiger partial charge in [-0.05, 0) is 12.0 Å². The second-order valence-corrected chi connectivity index (χ2v) is 10.0. The van der Waals surface area contributed by atoms with E-state index in [0.717, 1.165) is 16.7 Å². The molecule has 0 aromatic heterocycles. The third-order valence-corrected chi connectivity index (χ3v) is 7.51. The molecule has 2 amide bonds. The van der Waals surface area contributed by atoms with Crippen LogP contribution in [-0.4, -0.2) is 71.4 Å². The molecule has 3 rings (SSSR count). The van der Waals surface area contributed by atoms with Gasteiger partial charge in [-0.25, -0.2) is 8.42 Å². The van der Waals surface area contributed by atoms with Gasteiger partial charge >= 0.3 is 94.6 Å². The number of carboxylic acid groups (broad SMARTS) is 2. The number of benzene rings is 1. The van der Waals surface area contributed by atoms with Crippen molar-refractivity contribution in [2.24, 2.45) is 0 Å². The van der Waals surface area contributed by atoms with E-state index in [1.54, 1.807) is 6.07 Å². The minimum absolute atomic E-state index is 0. The number of esters is 1. The zero-order chi connectivity index (χ0) is 25.9. The Bertz CT molecular complexity index is 1210. The first-order valence-corrected chi connectivity index (χ1v) is 12.5. The number of nitrogens with one attached hydrogen (secondary N) is 1. The van der Waals surface area contributed by atoms with E-state index in [1.807, 2.05) is 0 Å². The van der Waals surface area contributed by atoms with Crippen LogP contribution in [0.2, 0.25) is 0 Å². The molecule has 1 aromatic rings. The monoisotopic (exact) mass is 594 g/mol. The first-order chi connectivity index (χ1) is 16.4. The molecule has 0 aliphatic carbocycles. The Kier molecular flexibility index (Phi) is 15.9. The average Bonchev–Trinajstić information content (AvgIpc) is 2.78. The van der Waals surface area contributed by atoms with Crippen molar-refractivity contribution >= 4 is 51.6 Å². The van der Waals surface area contributed by atoms with E-state index in [-0.39, 0.29) is 106 Å². The number of carboxylic acids is 2. The molecule has 0 radical (unpaired) electrons. The van der Waals surface area contributed by atoms with Crippen molar-refractivity contribution in [1.29, 1.82) is 0 Å². The minimum Gasteiger partial charge on any atom is -0.747 e. The van der Waals surface area contributed by atoms with E-state index in [2.05, 4.69) is 5.32 Å². The number of fused-ring (bicyclic) bond motifs is 1. The summed E-state index contributed by atoms with van der Waals surface area (Å²) in [5.74, 6) is -6.33. The second-order valence-electron chi connectivity index (χ2n) is 7.45. The van der Waals surface area contributed by atoms with Gasteiger partial charge in [-0.1, -0.05) is 30.3 Å². The molecular formula is C20H17N2Na3O11S2. The fraction of sp³-hybridized carbons (Fsp3) is 0.350. The average molecular weight is 594 g/mol. The van der Waals surface area contributed by atoms with Gasteiger partial charge in [0.25, 0.3) is 5.91 Å². The number of hydrogen-bond donors (Lipinski definition) is 1. The molecule has 1 aromatic carbocycles. The molecule has 0 saturated carbocycles. The molecule has 18 heteroatoms. The summed E-state index contributed by atoms with van der Waals surface area (Å²) in [4.78, 5) is 59.9. The van der Waals surface area contributed by atoms with Gasteiger partial charge in [0.2, 0.25) is 5.91 Å². The number of ether oxygens (including phenoxy) is 1. The molecule has 13 nitrogen and oxygen atoms in total. The van der Waals surface area contributed by atoms with Crippen LogP contribution in [0.25, 0.3) is 0 Å². The molecule has 2 heterocycles. The smallest absolute Gasteiger partial charge is 0.747 e. The molecule has 0 bridgehead atoms. The Labute approximate surface area is 288 Å². The van der Waals surface area contributed by atoms with E-state index in [4.69, 9.17) is 4.74 Å². The molecule has 0 spiro atoms. The molecule has 188 valence electrons. The third kappa shape index (κ3) is 9.04. The number of hydrogen-bond acceptors (Lipinski definition) is 12. The van der Waals surface area contributed by atoms with Gasteiger partial charge in [-0.15, -0.1) is 11.8 Å². The zero-order valence-corrected chi connectivity index (χ0v) is 28.3. The maximum absolute atomic E-state index is 12.7. The van der Waals surface area contributed by atoms with Gasteiger partial charge < -0.3 is 34.4 Å². The van der Waals surface area contributed by atoms with Crippen molar-refractivity contribution in [3.8, 4) is 0 Å². The summed E-state index contributed by atoms with van der Waals surface area (Å²) < 4.78 is 40.1. The maximum atomic E-state index is 12.7. The number of amides is 2. The fourth-order valence-corrected chi connectivity index (χ4v) is 5.68. The SMILES string of the molecule is O=C([O-])CCC(=O)OCC1=C(C(=O)[O-])N2C(=O)[C@@H](NC(=O)C(c3ccccc3)S(=O)(=O)[O-])[C@@H]2SC1.[Na+].[Na+].[Na+]. The predicted octanol–water partition coefficient (Wildman–Crippen LogP) is -12.2. The van der Waals surface area contributed by atoms with Crippen LogP contribution in [0.4, 0.5) is 0 Å². The standard InChI is InChI=1S/C20H20N2O11S2.3Na/c23-12(24)6-7-13(25)33-8-11-9-34-19-14(18(27)22(19)15(11)20(28)29)21-17(26)16(35(30,31)32)10-4-2-1-3-5-10;;;/h1-5,14,16,19H,6-9H2,(H,21,26)(H,23,24)(H,28,29)(H,30,31,32);;;/q;3*+1/p-3/t14-,16?,19+;;;/m1.../s1. The molecule has 1 N–H and O–H groups in total. The molecule has 2 aliphatic rings. The van der Waals surface area contributed by atoms with Crippen LogP contribution in [-0.2, 0) is 38.8 Å². The predicted molar refractivity (Wildman–Crippen MR) is 111 cm³/mol. The Morgan fingerprint density at radius 1 is 1.08 bits per heavy atom. The van der Waals surface area contributed by atoms with Crippen LogP contribution in [0.15, 0.2) is 41.6 Å². The molecule has 1 fully saturated rings. The van der Waals surface area contributed by atoms with Gasteiger partial charge in [0.05, 0.1) is 18.1 Å². The number of carbonyl (C=O) groups is 5. The van der Waals surface area contributed by atoms with E-state index in [9.17, 15) is 47.2 Å². The Morgan fingerprint density at radius 2 is 1.68 bits per heavy atom. The molecule has 1 saturated heterocycles. The summed E-state index contributed by atoms with van der Waals surface area (Å²) in [6.07, 6.45) is -1.08. The van der Waals surface area contributed by atoms with Crippen LogP contribution in [0.1, 0.15) is 23.7 Å². The zero-order valence-electron chi connectivity index (χ0n) is 20.7. The number of thioether (sulfide) groups is 1.